The van der Waals surface area contributed by atoms with Gasteiger partial charge in [-0.15, -0.1) is 0 Å². The summed E-state index contributed by atoms with van der Waals surface area (Å²) in [5.41, 5.74) is -2.47. The van der Waals surface area contributed by atoms with Crippen molar-refractivity contribution >= 4 is 27.6 Å². The predicted molar refractivity (Wildman–Crippen MR) is 148 cm³/mol. The van der Waals surface area contributed by atoms with E-state index in [2.05, 4.69) is 67.7 Å². The van der Waals surface area contributed by atoms with Gasteiger partial charge in [-0.3, -0.25) is 0 Å². The first-order valence-corrected chi connectivity index (χ1v) is 18.8. The van der Waals surface area contributed by atoms with Gasteiger partial charge in [-0.2, -0.15) is 13.2 Å². The molecule has 220 valence electrons. The molecule has 0 spiro atoms. The lowest BCUT2D eigenvalue weighted by atomic mass is 10.1. The summed E-state index contributed by atoms with van der Waals surface area (Å²) in [5.74, 6) is 0.128. The van der Waals surface area contributed by atoms with Crippen molar-refractivity contribution in [2.75, 3.05) is 6.61 Å². The first-order chi connectivity index (χ1) is 17.6. The molecule has 3 rings (SSSR count). The van der Waals surface area contributed by atoms with E-state index in [0.717, 1.165) is 0 Å². The Hall–Kier alpha value is -1.71. The molecule has 39 heavy (non-hydrogen) atoms. The second kappa shape index (κ2) is 10.6. The van der Waals surface area contributed by atoms with E-state index in [1.807, 2.05) is 0 Å². The third-order valence-electron chi connectivity index (χ3n) is 8.19. The predicted octanol–water partition coefficient (Wildman–Crippen LogP) is 6.69. The molecule has 0 bridgehead atoms. The number of alkyl halides is 3. The molecule has 1 aromatic heterocycles. The molecule has 0 saturated carbocycles. The van der Waals surface area contributed by atoms with Crippen LogP contribution in [0.1, 0.15) is 47.1 Å². The molecule has 1 saturated heterocycles. The largest absolute Gasteiger partial charge is 0.462 e. The van der Waals surface area contributed by atoms with Crippen molar-refractivity contribution in [2.24, 2.45) is 0 Å². The van der Waals surface area contributed by atoms with Crippen LogP contribution in [0.5, 0.6) is 5.75 Å². The second-order valence-electron chi connectivity index (χ2n) is 13.2. The smallest absolute Gasteiger partial charge is 0.417 e. The van der Waals surface area contributed by atoms with E-state index in [0.29, 0.717) is 6.07 Å². The third kappa shape index (κ3) is 6.79. The average Bonchev–Trinajstić information content (AvgIpc) is 3.05. The van der Waals surface area contributed by atoms with Crippen LogP contribution in [0.2, 0.25) is 36.3 Å². The van der Waals surface area contributed by atoms with Gasteiger partial charge < -0.3 is 27.8 Å². The molecule has 1 fully saturated rings. The van der Waals surface area contributed by atoms with E-state index in [1.165, 1.54) is 18.2 Å². The summed E-state index contributed by atoms with van der Waals surface area (Å²) in [6.45, 7) is 20.7. The van der Waals surface area contributed by atoms with Crippen molar-refractivity contribution in [2.45, 2.75) is 109 Å². The van der Waals surface area contributed by atoms with Gasteiger partial charge in [-0.1, -0.05) is 41.5 Å². The van der Waals surface area contributed by atoms with E-state index in [4.69, 9.17) is 22.7 Å². The highest BCUT2D eigenvalue weighted by molar-refractivity contribution is 6.74. The molecule has 0 radical (unpaired) electrons. The first kappa shape index (κ1) is 31.8. The molecule has 7 nitrogen and oxygen atoms in total. The fourth-order valence-corrected chi connectivity index (χ4v) is 6.42. The Kier molecular flexibility index (Phi) is 8.65. The highest BCUT2D eigenvalue weighted by atomic mass is 28.4. The van der Waals surface area contributed by atoms with Gasteiger partial charge in [-0.25, -0.2) is 4.79 Å². The van der Waals surface area contributed by atoms with Crippen LogP contribution in [-0.4, -0.2) is 53.0 Å². The SMILES string of the molecule is CC(C)(C)[Si](C)(C)OC1C(CO)OC(Oc2ccc3c(C(F)(F)F)cc(=O)oc3c2)C1O[Si](C)(C)C(C)(C)C. The van der Waals surface area contributed by atoms with Crippen LogP contribution in [0.25, 0.3) is 11.0 Å². The Bertz CT molecular complexity index is 1230. The summed E-state index contributed by atoms with van der Waals surface area (Å²) in [6, 6.07) is 4.22. The average molecular weight is 591 g/mol. The molecule has 4 atom stereocenters. The first-order valence-electron chi connectivity index (χ1n) is 13.0. The lowest BCUT2D eigenvalue weighted by Gasteiger charge is -2.43. The molecule has 0 amide bonds. The Morgan fingerprint density at radius 2 is 1.44 bits per heavy atom. The minimum atomic E-state index is -4.73. The van der Waals surface area contributed by atoms with Crippen LogP contribution in [0, 0.1) is 0 Å². The minimum absolute atomic E-state index is 0.125. The number of hydrogen-bond acceptors (Lipinski definition) is 7. The lowest BCUT2D eigenvalue weighted by molar-refractivity contribution is -0.136. The molecule has 2 heterocycles. The van der Waals surface area contributed by atoms with Gasteiger partial charge in [-0.05, 0) is 48.4 Å². The van der Waals surface area contributed by atoms with Gasteiger partial charge >= 0.3 is 11.8 Å². The van der Waals surface area contributed by atoms with Gasteiger partial charge in [0.2, 0.25) is 6.29 Å². The van der Waals surface area contributed by atoms with E-state index >= 15 is 0 Å². The molecular formula is C27H41F3O7Si2. The number of rotatable bonds is 7. The van der Waals surface area contributed by atoms with Crippen molar-refractivity contribution in [3.8, 4) is 5.75 Å². The number of aliphatic hydroxyl groups is 1. The van der Waals surface area contributed by atoms with Gasteiger partial charge in [0.05, 0.1) is 12.2 Å². The summed E-state index contributed by atoms with van der Waals surface area (Å²) in [7, 11) is -4.75. The monoisotopic (exact) mass is 590 g/mol. The summed E-state index contributed by atoms with van der Waals surface area (Å²) in [5, 5.41) is 9.69. The molecule has 1 aromatic carbocycles. The molecule has 1 aliphatic rings. The maximum atomic E-state index is 13.5. The van der Waals surface area contributed by atoms with Crippen LogP contribution in [0.15, 0.2) is 33.5 Å². The second-order valence-corrected chi connectivity index (χ2v) is 22.7. The van der Waals surface area contributed by atoms with Gasteiger partial charge in [0.15, 0.2) is 16.6 Å². The zero-order valence-electron chi connectivity index (χ0n) is 24.4. The molecule has 0 aliphatic carbocycles. The standard InChI is InChI=1S/C27H41F3O7Si2/c1-25(2,3)38(7,8)36-22-20(15-31)35-24(23(22)37-39(9,10)26(4,5)6)33-16-11-12-17-18(27(28,29)30)14-21(32)34-19(17)13-16/h11-14,20,22-24,31H,15H2,1-10H3. The molecular weight excluding hydrogens is 549 g/mol. The zero-order chi connectivity index (χ0) is 29.8. The maximum absolute atomic E-state index is 13.5. The topological polar surface area (TPSA) is 87.4 Å². The summed E-state index contributed by atoms with van der Waals surface area (Å²) >= 11 is 0. The summed E-state index contributed by atoms with van der Waals surface area (Å²) < 4.78 is 71.3. The fraction of sp³-hybridized carbons (Fsp3) is 0.667. The lowest BCUT2D eigenvalue weighted by Crippen LogP contribution is -2.54. The number of ether oxygens (including phenoxy) is 2. The van der Waals surface area contributed by atoms with E-state index < -0.39 is 58.6 Å². The third-order valence-corrected chi connectivity index (χ3v) is 17.1. The van der Waals surface area contributed by atoms with Crippen molar-refractivity contribution in [3.63, 3.8) is 0 Å². The molecule has 12 heteroatoms. The summed E-state index contributed by atoms with van der Waals surface area (Å²) in [6.07, 6.45) is -7.85. The van der Waals surface area contributed by atoms with Crippen LogP contribution in [0.4, 0.5) is 13.2 Å². The van der Waals surface area contributed by atoms with Gasteiger partial charge in [0.25, 0.3) is 0 Å². The molecule has 1 aliphatic heterocycles. The number of aliphatic hydroxyl groups excluding tert-OH is 1. The normalized spacial score (nSPS) is 23.4. The zero-order valence-corrected chi connectivity index (χ0v) is 26.4. The maximum Gasteiger partial charge on any atom is 0.417 e. The number of hydrogen-bond donors (Lipinski definition) is 1. The van der Waals surface area contributed by atoms with E-state index in [1.54, 1.807) is 0 Å². The van der Waals surface area contributed by atoms with Crippen LogP contribution in [0.3, 0.4) is 0 Å². The van der Waals surface area contributed by atoms with Crippen molar-refractivity contribution < 1.29 is 41.0 Å². The van der Waals surface area contributed by atoms with Crippen LogP contribution in [-0.2, 0) is 19.8 Å². The van der Waals surface area contributed by atoms with Crippen LogP contribution < -0.4 is 10.4 Å². The Labute approximate surface area is 229 Å². The summed E-state index contributed by atoms with van der Waals surface area (Å²) in [4.78, 5) is 11.9. The van der Waals surface area contributed by atoms with Crippen LogP contribution >= 0.6 is 0 Å². The Morgan fingerprint density at radius 1 is 0.897 bits per heavy atom. The van der Waals surface area contributed by atoms with Crippen molar-refractivity contribution in [1.29, 1.82) is 0 Å². The molecule has 1 N–H and O–H groups in total. The fourth-order valence-electron chi connectivity index (χ4n) is 3.82. The van der Waals surface area contributed by atoms with Crippen molar-refractivity contribution in [1.82, 2.24) is 0 Å². The highest BCUT2D eigenvalue weighted by Gasteiger charge is 2.54. The highest BCUT2D eigenvalue weighted by Crippen LogP contribution is 2.44. The van der Waals surface area contributed by atoms with Gasteiger partial charge in [0.1, 0.15) is 29.6 Å². The Morgan fingerprint density at radius 3 is 1.92 bits per heavy atom. The minimum Gasteiger partial charge on any atom is -0.462 e. The molecule has 2 aromatic rings. The Balaban J connectivity index is 2.04. The van der Waals surface area contributed by atoms with E-state index in [9.17, 15) is 23.1 Å². The number of fused-ring (bicyclic) bond motifs is 1. The number of benzene rings is 1. The van der Waals surface area contributed by atoms with Crippen molar-refractivity contribution in [3.05, 3.63) is 40.2 Å². The molecule has 4 unspecified atom stereocenters. The number of halogens is 3. The van der Waals surface area contributed by atoms with E-state index in [-0.39, 0.29) is 33.4 Å². The van der Waals surface area contributed by atoms with Gasteiger partial charge in [0, 0.05) is 17.5 Å². The quantitative estimate of drug-likeness (QED) is 0.284.